The molecule has 4 saturated carbocycles. The van der Waals surface area contributed by atoms with Gasteiger partial charge in [-0.2, -0.15) is 0 Å². The lowest BCUT2D eigenvalue weighted by Gasteiger charge is -2.56. The normalized spacial score (nSPS) is 22.3. The number of benzene rings is 4. The standard InChI is InChI=1S/C61H70ClN9O9S/c62-47-6-4-45(5-7-47)51-2-1-3-56(79-39-44-36-69(37-44)17-16-63-58(72)33-61-30-41-24-42(31-61)26-43(25-41)32-61)53(51)38-68-18-20-70(21-19-68)48-8-10-52(57(28-48)80-49-27-46-12-15-64-59(46)66-35-49)60(73)67-81(76,77)50-9-11-54(55(29-50)71(74)75)65-34-40-13-22-78-23-14-40/h1-12,15,27-29,35,40-44,65H,13-14,16-26,30-34,36-39H2,(H,63,72)(H,64,66)(H,67,73). The van der Waals surface area contributed by atoms with Crippen LogP contribution in [0.4, 0.5) is 17.1 Å². The molecule has 81 heavy (non-hydrogen) atoms. The molecule has 2 aromatic heterocycles. The summed E-state index contributed by atoms with van der Waals surface area (Å²) < 4.78 is 48.3. The van der Waals surface area contributed by atoms with Crippen molar-refractivity contribution in [1.82, 2.24) is 29.8 Å². The summed E-state index contributed by atoms with van der Waals surface area (Å²) in [5, 5.41) is 20.0. The van der Waals surface area contributed by atoms with Crippen molar-refractivity contribution in [1.29, 1.82) is 0 Å². The second-order valence-electron chi connectivity index (χ2n) is 23.6. The first-order chi connectivity index (χ1) is 39.3. The number of piperazine rings is 1. The maximum atomic E-state index is 14.1. The fourth-order valence-corrected chi connectivity index (χ4v) is 15.2. The molecule has 3 aliphatic heterocycles. The number of amides is 2. The van der Waals surface area contributed by atoms with Crippen LogP contribution in [-0.4, -0.2) is 124 Å². The van der Waals surface area contributed by atoms with Gasteiger partial charge in [0.2, 0.25) is 5.91 Å². The molecule has 0 radical (unpaired) electrons. The molecule has 4 N–H and O–H groups in total. The highest BCUT2D eigenvalue weighted by Crippen LogP contribution is 2.61. The number of rotatable bonds is 21. The molecular weight excluding hydrogens is 1070 g/mol. The zero-order valence-corrected chi connectivity index (χ0v) is 47.0. The number of halogens is 1. The Bertz CT molecular complexity index is 3360. The Morgan fingerprint density at radius 1 is 0.864 bits per heavy atom. The van der Waals surface area contributed by atoms with E-state index in [0.29, 0.717) is 94.4 Å². The predicted molar refractivity (Wildman–Crippen MR) is 310 cm³/mol. The van der Waals surface area contributed by atoms with Gasteiger partial charge in [-0.1, -0.05) is 35.9 Å². The van der Waals surface area contributed by atoms with Crippen molar-refractivity contribution in [2.45, 2.75) is 69.2 Å². The molecule has 426 valence electrons. The number of nitro benzene ring substituents is 1. The van der Waals surface area contributed by atoms with Gasteiger partial charge in [0.15, 0.2) is 0 Å². The van der Waals surface area contributed by atoms with Gasteiger partial charge in [0.05, 0.1) is 28.2 Å². The number of H-pyrrole nitrogens is 1. The van der Waals surface area contributed by atoms with Crippen LogP contribution >= 0.6 is 11.6 Å². The average molecular weight is 1140 g/mol. The van der Waals surface area contributed by atoms with Gasteiger partial charge in [-0.05, 0) is 146 Å². The largest absolute Gasteiger partial charge is 0.493 e. The Balaban J connectivity index is 0.694. The number of aromatic nitrogens is 2. The molecule has 3 saturated heterocycles. The van der Waals surface area contributed by atoms with Crippen molar-refractivity contribution in [3.63, 3.8) is 0 Å². The van der Waals surface area contributed by atoms with Crippen LogP contribution in [0.2, 0.25) is 5.02 Å². The van der Waals surface area contributed by atoms with Gasteiger partial charge >= 0.3 is 0 Å². The predicted octanol–water partition coefficient (Wildman–Crippen LogP) is 9.90. The van der Waals surface area contributed by atoms with Gasteiger partial charge in [-0.3, -0.25) is 24.6 Å². The molecule has 4 aromatic carbocycles. The monoisotopic (exact) mass is 1140 g/mol. The van der Waals surface area contributed by atoms with E-state index in [9.17, 15) is 28.1 Å². The van der Waals surface area contributed by atoms with Crippen molar-refractivity contribution < 1.29 is 37.1 Å². The summed E-state index contributed by atoms with van der Waals surface area (Å²) in [6, 6.07) is 26.3. The lowest BCUT2D eigenvalue weighted by atomic mass is 9.49. The summed E-state index contributed by atoms with van der Waals surface area (Å²) in [5.41, 5.74) is 4.56. The average Bonchev–Trinajstić information content (AvgIpc) is 4.10. The first kappa shape index (κ1) is 54.8. The Morgan fingerprint density at radius 2 is 1.62 bits per heavy atom. The SMILES string of the molecule is O=C(CC12CC3CC(CC(C3)C1)C2)NCCN1CC(COc2cccc(-c3ccc(Cl)cc3)c2CN2CCN(c3ccc(C(=O)NS(=O)(=O)c4ccc(NCC5CCOCC5)c([N+](=O)[O-])c4)c(Oc4cnc5[nH]ccc5c4)c3)CC2)C1. The highest BCUT2D eigenvalue weighted by atomic mass is 35.5. The molecule has 13 rings (SSSR count). The van der Waals surface area contributed by atoms with Crippen molar-refractivity contribution in [3.05, 3.63) is 130 Å². The third-order valence-electron chi connectivity index (χ3n) is 17.8. The third kappa shape index (κ3) is 12.7. The van der Waals surface area contributed by atoms with E-state index in [0.717, 1.165) is 89.8 Å². The van der Waals surface area contributed by atoms with E-state index in [2.05, 4.69) is 52.2 Å². The first-order valence-electron chi connectivity index (χ1n) is 28.7. The van der Waals surface area contributed by atoms with Crippen LogP contribution < -0.4 is 29.7 Å². The van der Waals surface area contributed by atoms with Crippen molar-refractivity contribution >= 4 is 61.5 Å². The molecule has 0 atom stereocenters. The van der Waals surface area contributed by atoms with Gasteiger partial charge in [0, 0.05) is 131 Å². The minimum Gasteiger partial charge on any atom is -0.493 e. The van der Waals surface area contributed by atoms with E-state index in [4.69, 9.17) is 25.8 Å². The summed E-state index contributed by atoms with van der Waals surface area (Å²) >= 11 is 6.36. The minimum absolute atomic E-state index is 0.0637. The lowest BCUT2D eigenvalue weighted by molar-refractivity contribution is -0.384. The maximum Gasteiger partial charge on any atom is 0.293 e. The third-order valence-corrected chi connectivity index (χ3v) is 19.4. The molecule has 2 amide bonds. The highest BCUT2D eigenvalue weighted by molar-refractivity contribution is 7.90. The minimum atomic E-state index is -4.60. The van der Waals surface area contributed by atoms with Gasteiger partial charge in [-0.15, -0.1) is 0 Å². The summed E-state index contributed by atoms with van der Waals surface area (Å²) in [5.74, 6) is 3.69. The van der Waals surface area contributed by atoms with Crippen LogP contribution in [0.5, 0.6) is 17.2 Å². The molecule has 0 spiro atoms. The smallest absolute Gasteiger partial charge is 0.293 e. The molecular formula is C61H70ClN9O9S. The van der Waals surface area contributed by atoms with E-state index >= 15 is 0 Å². The molecule has 7 fully saturated rings. The molecule has 5 heterocycles. The van der Waals surface area contributed by atoms with E-state index < -0.39 is 31.4 Å². The molecule has 4 bridgehead atoms. The fraction of sp³-hybridized carbons (Fsp3) is 0.459. The summed E-state index contributed by atoms with van der Waals surface area (Å²) in [7, 11) is -4.60. The van der Waals surface area contributed by atoms with Crippen molar-refractivity contribution in [2.75, 3.05) is 88.9 Å². The zero-order valence-electron chi connectivity index (χ0n) is 45.5. The number of carbonyl (C=O) groups excluding carboxylic acids is 2. The van der Waals surface area contributed by atoms with Gasteiger partial charge < -0.3 is 39.6 Å². The number of pyridine rings is 1. The lowest BCUT2D eigenvalue weighted by Crippen LogP contribution is -2.52. The number of fused-ring (bicyclic) bond motifs is 1. The number of aromatic amines is 1. The number of likely N-dealkylation sites (tertiary alicyclic amines) is 1. The first-order valence-corrected chi connectivity index (χ1v) is 30.5. The Morgan fingerprint density at radius 3 is 2.36 bits per heavy atom. The number of nitro groups is 1. The van der Waals surface area contributed by atoms with Crippen LogP contribution in [0.1, 0.15) is 73.7 Å². The molecule has 0 unspecified atom stereocenters. The van der Waals surface area contributed by atoms with Crippen molar-refractivity contribution in [3.8, 4) is 28.4 Å². The molecule has 20 heteroatoms. The van der Waals surface area contributed by atoms with E-state index in [1.165, 1.54) is 62.9 Å². The summed E-state index contributed by atoms with van der Waals surface area (Å²) in [4.78, 5) is 52.9. The zero-order chi connectivity index (χ0) is 55.7. The number of anilines is 2. The van der Waals surface area contributed by atoms with E-state index in [1.807, 2.05) is 36.4 Å². The molecule has 7 aliphatic rings. The Kier molecular flexibility index (Phi) is 16.0. The quantitative estimate of drug-likeness (QED) is 0.0390. The Labute approximate surface area is 477 Å². The van der Waals surface area contributed by atoms with E-state index in [1.54, 1.807) is 24.4 Å². The van der Waals surface area contributed by atoms with Crippen LogP contribution in [0.25, 0.3) is 22.2 Å². The van der Waals surface area contributed by atoms with Crippen LogP contribution in [0.3, 0.4) is 0 Å². The van der Waals surface area contributed by atoms with E-state index in [-0.39, 0.29) is 34.2 Å². The highest BCUT2D eigenvalue weighted by Gasteiger charge is 2.51. The molecule has 6 aromatic rings. The number of nitrogens with one attached hydrogen (secondary N) is 4. The number of sulfonamides is 1. The Hall–Kier alpha value is -6.77. The number of nitrogens with zero attached hydrogens (tertiary/aromatic N) is 5. The summed E-state index contributed by atoms with van der Waals surface area (Å²) in [6.45, 7) is 8.96. The summed E-state index contributed by atoms with van der Waals surface area (Å²) in [6.07, 6.45) is 13.5. The number of ether oxygens (including phenoxy) is 3. The van der Waals surface area contributed by atoms with Crippen LogP contribution in [-0.2, 0) is 26.1 Å². The number of carbonyl (C=O) groups is 2. The topological polar surface area (TPSA) is 214 Å². The second kappa shape index (κ2) is 23.6. The molecule has 4 aliphatic carbocycles. The maximum absolute atomic E-state index is 14.1. The van der Waals surface area contributed by atoms with Crippen LogP contribution in [0.15, 0.2) is 108 Å². The fourth-order valence-electron chi connectivity index (χ4n) is 14.1. The van der Waals surface area contributed by atoms with Crippen molar-refractivity contribution in [2.24, 2.45) is 35.0 Å². The van der Waals surface area contributed by atoms with Gasteiger partial charge in [0.1, 0.15) is 28.6 Å². The van der Waals surface area contributed by atoms with Crippen LogP contribution in [0, 0.1) is 45.1 Å². The van der Waals surface area contributed by atoms with Gasteiger partial charge in [0.25, 0.3) is 21.6 Å². The second-order valence-corrected chi connectivity index (χ2v) is 25.7. The number of hydrogen-bond acceptors (Lipinski definition) is 14. The number of hydrogen-bond donors (Lipinski definition) is 4. The molecule has 18 nitrogen and oxygen atoms in total. The van der Waals surface area contributed by atoms with Gasteiger partial charge in [-0.25, -0.2) is 18.1 Å².